The molecule has 3 heterocycles. The number of hydrogen-bond donors (Lipinski definition) is 0. The van der Waals surface area contributed by atoms with Gasteiger partial charge in [0.05, 0.1) is 24.4 Å². The molecule has 0 saturated carbocycles. The van der Waals surface area contributed by atoms with E-state index in [1.54, 1.807) is 9.47 Å². The average molecular weight is 450 g/mol. The van der Waals surface area contributed by atoms with E-state index < -0.39 is 0 Å². The summed E-state index contributed by atoms with van der Waals surface area (Å²) in [5.41, 5.74) is 1.72. The number of aromatic nitrogens is 2. The molecule has 0 spiro atoms. The third-order valence-corrected chi connectivity index (χ3v) is 6.90. The van der Waals surface area contributed by atoms with Crippen LogP contribution in [0.2, 0.25) is 5.02 Å². The summed E-state index contributed by atoms with van der Waals surface area (Å²) in [6.07, 6.45) is 0. The number of carbonyl (C=O) groups is 1. The van der Waals surface area contributed by atoms with Crippen LogP contribution in [0.5, 0.6) is 0 Å². The molecule has 29 heavy (non-hydrogen) atoms. The van der Waals surface area contributed by atoms with E-state index in [0.717, 1.165) is 11.1 Å². The van der Waals surface area contributed by atoms with Crippen LogP contribution in [0.15, 0.2) is 39.6 Å². The number of nitrogens with zero attached hydrogens (tertiary/aromatic N) is 3. The van der Waals surface area contributed by atoms with Gasteiger partial charge in [0, 0.05) is 35.6 Å². The fraction of sp³-hybridized carbons (Fsp3) is 0.350. The Balaban J connectivity index is 1.65. The summed E-state index contributed by atoms with van der Waals surface area (Å²) in [4.78, 5) is 32.9. The quantitative estimate of drug-likeness (QED) is 0.438. The molecule has 6 nitrogen and oxygen atoms in total. The van der Waals surface area contributed by atoms with Crippen molar-refractivity contribution in [2.45, 2.75) is 18.6 Å². The van der Waals surface area contributed by atoms with Gasteiger partial charge >= 0.3 is 0 Å². The predicted octanol–water partition coefficient (Wildman–Crippen LogP) is 3.75. The number of ether oxygens (including phenoxy) is 1. The second-order valence-electron chi connectivity index (χ2n) is 6.56. The molecule has 0 atom stereocenters. The largest absolute Gasteiger partial charge is 0.378 e. The van der Waals surface area contributed by atoms with Gasteiger partial charge in [-0.1, -0.05) is 35.5 Å². The number of fused-ring (bicyclic) bond motifs is 1. The lowest BCUT2D eigenvalue weighted by Crippen LogP contribution is -2.41. The van der Waals surface area contributed by atoms with E-state index in [4.69, 9.17) is 21.3 Å². The first-order chi connectivity index (χ1) is 14.1. The normalized spacial score (nSPS) is 14.5. The summed E-state index contributed by atoms with van der Waals surface area (Å²) >= 11 is 8.75. The number of amides is 1. The Morgan fingerprint density at radius 3 is 2.69 bits per heavy atom. The maximum atomic E-state index is 13.2. The lowest BCUT2D eigenvalue weighted by molar-refractivity contribution is -0.132. The van der Waals surface area contributed by atoms with Gasteiger partial charge in [0.1, 0.15) is 4.83 Å². The van der Waals surface area contributed by atoms with Crippen molar-refractivity contribution in [3.05, 3.63) is 45.0 Å². The van der Waals surface area contributed by atoms with Crippen LogP contribution in [-0.2, 0) is 16.1 Å². The first kappa shape index (κ1) is 20.4. The molecule has 3 aromatic rings. The minimum Gasteiger partial charge on any atom is -0.378 e. The molecule has 0 bridgehead atoms. The molecule has 0 radical (unpaired) electrons. The van der Waals surface area contributed by atoms with Crippen LogP contribution in [0.4, 0.5) is 0 Å². The summed E-state index contributed by atoms with van der Waals surface area (Å²) in [7, 11) is 0. The van der Waals surface area contributed by atoms with E-state index in [2.05, 4.69) is 0 Å². The first-order valence-electron chi connectivity index (χ1n) is 9.34. The third kappa shape index (κ3) is 4.21. The Bertz CT molecular complexity index is 1090. The molecule has 0 aliphatic carbocycles. The smallest absolute Gasteiger partial charge is 0.263 e. The monoisotopic (exact) mass is 449 g/mol. The van der Waals surface area contributed by atoms with E-state index in [1.165, 1.54) is 23.1 Å². The highest BCUT2D eigenvalue weighted by Crippen LogP contribution is 2.32. The van der Waals surface area contributed by atoms with Gasteiger partial charge in [-0.15, -0.1) is 11.3 Å². The van der Waals surface area contributed by atoms with Gasteiger partial charge in [-0.25, -0.2) is 4.98 Å². The molecule has 9 heteroatoms. The Labute approximate surface area is 181 Å². The number of halogens is 1. The Morgan fingerprint density at radius 2 is 2.00 bits per heavy atom. The zero-order chi connectivity index (χ0) is 20.4. The SMILES string of the molecule is CCn1c(SCC(=O)N2CCOCC2)nc2scc(-c3ccc(Cl)cc3)c2c1=O. The minimum absolute atomic E-state index is 0.0448. The molecule has 1 aliphatic heterocycles. The van der Waals surface area contributed by atoms with Crippen molar-refractivity contribution in [1.29, 1.82) is 0 Å². The molecule has 1 aliphatic rings. The third-order valence-electron chi connectivity index (χ3n) is 4.82. The van der Waals surface area contributed by atoms with Crippen molar-refractivity contribution in [1.82, 2.24) is 14.5 Å². The molecule has 2 aromatic heterocycles. The Morgan fingerprint density at radius 1 is 1.28 bits per heavy atom. The van der Waals surface area contributed by atoms with Crippen LogP contribution in [0, 0.1) is 0 Å². The number of rotatable bonds is 5. The van der Waals surface area contributed by atoms with Gasteiger partial charge in [0.2, 0.25) is 5.91 Å². The van der Waals surface area contributed by atoms with Gasteiger partial charge in [-0.3, -0.25) is 14.2 Å². The molecule has 4 rings (SSSR count). The molecule has 1 saturated heterocycles. The van der Waals surface area contributed by atoms with Crippen LogP contribution in [0.25, 0.3) is 21.3 Å². The lowest BCUT2D eigenvalue weighted by Gasteiger charge is -2.26. The minimum atomic E-state index is -0.0787. The van der Waals surface area contributed by atoms with Crippen LogP contribution in [-0.4, -0.2) is 52.4 Å². The highest BCUT2D eigenvalue weighted by molar-refractivity contribution is 7.99. The van der Waals surface area contributed by atoms with E-state index >= 15 is 0 Å². The van der Waals surface area contributed by atoms with E-state index in [1.807, 2.05) is 36.6 Å². The standard InChI is InChI=1S/C20H20ClN3O3S2/c1-2-24-19(26)17-15(13-3-5-14(21)6-4-13)11-28-18(17)22-20(24)29-12-16(25)23-7-9-27-10-8-23/h3-6,11H,2,7-10,12H2,1H3. The van der Waals surface area contributed by atoms with Crippen molar-refractivity contribution in [2.75, 3.05) is 32.1 Å². The summed E-state index contributed by atoms with van der Waals surface area (Å²) in [5, 5.41) is 3.80. The second-order valence-corrected chi connectivity index (χ2v) is 8.80. The van der Waals surface area contributed by atoms with E-state index in [-0.39, 0.29) is 17.2 Å². The van der Waals surface area contributed by atoms with Crippen LogP contribution < -0.4 is 5.56 Å². The van der Waals surface area contributed by atoms with Crippen LogP contribution in [0.3, 0.4) is 0 Å². The number of thiophene rings is 1. The molecule has 1 amide bonds. The molecule has 1 fully saturated rings. The van der Waals surface area contributed by atoms with E-state index in [9.17, 15) is 9.59 Å². The molecule has 0 N–H and O–H groups in total. The highest BCUT2D eigenvalue weighted by Gasteiger charge is 2.20. The average Bonchev–Trinajstić information content (AvgIpc) is 3.17. The molecule has 0 unspecified atom stereocenters. The number of carbonyl (C=O) groups excluding carboxylic acids is 1. The van der Waals surface area contributed by atoms with Gasteiger partial charge in [-0.05, 0) is 24.6 Å². The van der Waals surface area contributed by atoms with E-state index in [0.29, 0.717) is 53.2 Å². The van der Waals surface area contributed by atoms with Gasteiger partial charge in [-0.2, -0.15) is 0 Å². The number of morpholine rings is 1. The lowest BCUT2D eigenvalue weighted by atomic mass is 10.1. The van der Waals surface area contributed by atoms with Crippen LogP contribution >= 0.6 is 34.7 Å². The summed E-state index contributed by atoms with van der Waals surface area (Å²) in [6.45, 7) is 4.78. The van der Waals surface area contributed by atoms with Crippen molar-refractivity contribution >= 4 is 50.8 Å². The zero-order valence-electron chi connectivity index (χ0n) is 15.9. The maximum Gasteiger partial charge on any atom is 0.263 e. The summed E-state index contributed by atoms with van der Waals surface area (Å²) in [6, 6.07) is 7.44. The van der Waals surface area contributed by atoms with Gasteiger partial charge in [0.15, 0.2) is 5.16 Å². The summed E-state index contributed by atoms with van der Waals surface area (Å²) < 4.78 is 6.94. The number of hydrogen-bond acceptors (Lipinski definition) is 6. The summed E-state index contributed by atoms with van der Waals surface area (Å²) in [5.74, 6) is 0.302. The van der Waals surface area contributed by atoms with Crippen molar-refractivity contribution in [2.24, 2.45) is 0 Å². The molecular weight excluding hydrogens is 430 g/mol. The second kappa shape index (κ2) is 8.87. The van der Waals surface area contributed by atoms with Gasteiger partial charge in [0.25, 0.3) is 5.56 Å². The maximum absolute atomic E-state index is 13.2. The van der Waals surface area contributed by atoms with Crippen LogP contribution in [0.1, 0.15) is 6.92 Å². The fourth-order valence-corrected chi connectivity index (χ4v) is 5.35. The molecule has 1 aromatic carbocycles. The zero-order valence-corrected chi connectivity index (χ0v) is 18.3. The first-order valence-corrected chi connectivity index (χ1v) is 11.6. The number of benzene rings is 1. The predicted molar refractivity (Wildman–Crippen MR) is 118 cm³/mol. The van der Waals surface area contributed by atoms with Crippen molar-refractivity contribution in [3.8, 4) is 11.1 Å². The highest BCUT2D eigenvalue weighted by atomic mass is 35.5. The topological polar surface area (TPSA) is 64.4 Å². The van der Waals surface area contributed by atoms with Crippen molar-refractivity contribution < 1.29 is 9.53 Å². The molecular formula is C20H20ClN3O3S2. The van der Waals surface area contributed by atoms with Crippen molar-refractivity contribution in [3.63, 3.8) is 0 Å². The molecule has 152 valence electrons. The number of thioether (sulfide) groups is 1. The van der Waals surface area contributed by atoms with Gasteiger partial charge < -0.3 is 9.64 Å². The Hall–Kier alpha value is -1.87. The Kier molecular flexibility index (Phi) is 6.24. The fourth-order valence-electron chi connectivity index (χ4n) is 3.27.